The van der Waals surface area contributed by atoms with E-state index in [1.165, 1.54) is 11.1 Å². The third-order valence-corrected chi connectivity index (χ3v) is 11.8. The summed E-state index contributed by atoms with van der Waals surface area (Å²) in [6.07, 6.45) is 8.09. The van der Waals surface area contributed by atoms with Gasteiger partial charge in [0.2, 0.25) is 5.78 Å². The van der Waals surface area contributed by atoms with Gasteiger partial charge in [-0.15, -0.1) is 11.3 Å². The first kappa shape index (κ1) is 31.9. The van der Waals surface area contributed by atoms with Gasteiger partial charge in [-0.3, -0.25) is 4.79 Å². The minimum Gasteiger partial charge on any atom is -0.393 e. The maximum absolute atomic E-state index is 14.4. The molecule has 3 aromatic carbocycles. The van der Waals surface area contributed by atoms with Crippen LogP contribution >= 0.6 is 11.3 Å². The molecule has 4 aromatic rings. The Bertz CT molecular complexity index is 1640. The standard InChI is InChI=1S/C40H47NO3S/c1-28-10-9-21-39(2)35(19-22-40(39,44)27-41(3)23-20-29-11-5-4-6-12-29)33-18-16-30(24-32(42)17-15-28)25-34(33)38(43)37-26-31-13-7-8-14-36(31)45-37/h4-8,10-14,16,18,25-26,32,35,42,44H,9,15,17,19-24,27H2,1-3H3/t32-,35-,39-,40+/m0/s1. The van der Waals surface area contributed by atoms with Crippen molar-refractivity contribution in [1.29, 1.82) is 0 Å². The fourth-order valence-electron chi connectivity index (χ4n) is 7.91. The summed E-state index contributed by atoms with van der Waals surface area (Å²) in [6, 6.07) is 27.0. The van der Waals surface area contributed by atoms with Crippen LogP contribution in [0.3, 0.4) is 0 Å². The zero-order valence-corrected chi connectivity index (χ0v) is 27.8. The number of hydrogen-bond donors (Lipinski definition) is 2. The molecule has 1 heterocycles. The topological polar surface area (TPSA) is 60.8 Å². The molecule has 4 atom stereocenters. The van der Waals surface area contributed by atoms with Crippen LogP contribution in [0, 0.1) is 5.41 Å². The van der Waals surface area contributed by atoms with E-state index in [9.17, 15) is 15.0 Å². The van der Waals surface area contributed by atoms with Gasteiger partial charge in [0.1, 0.15) is 0 Å². The van der Waals surface area contributed by atoms with E-state index < -0.39 is 17.1 Å². The lowest BCUT2D eigenvalue weighted by atomic mass is 9.64. The molecule has 0 amide bonds. The molecular formula is C40H47NO3S. The number of aliphatic hydroxyl groups excluding tert-OH is 1. The summed E-state index contributed by atoms with van der Waals surface area (Å²) in [5.74, 6) is 0.0807. The van der Waals surface area contributed by atoms with Gasteiger partial charge in [0.05, 0.1) is 16.6 Å². The maximum Gasteiger partial charge on any atom is 0.203 e. The van der Waals surface area contributed by atoms with Crippen molar-refractivity contribution in [3.05, 3.63) is 118 Å². The first-order valence-electron chi connectivity index (χ1n) is 16.6. The van der Waals surface area contributed by atoms with Gasteiger partial charge in [-0.05, 0) is 112 Å². The van der Waals surface area contributed by atoms with Crippen LogP contribution in [0.15, 0.2) is 90.5 Å². The number of allylic oxidation sites excluding steroid dienone is 2. The summed E-state index contributed by atoms with van der Waals surface area (Å²) < 4.78 is 1.11. The summed E-state index contributed by atoms with van der Waals surface area (Å²) in [5, 5.41) is 24.6. The zero-order chi connectivity index (χ0) is 31.6. The second-order valence-corrected chi connectivity index (χ2v) is 15.0. The molecule has 4 nitrogen and oxygen atoms in total. The number of hydrogen-bond acceptors (Lipinski definition) is 5. The van der Waals surface area contributed by atoms with E-state index in [2.05, 4.69) is 80.4 Å². The number of rotatable bonds is 7. The molecule has 0 spiro atoms. The Morgan fingerprint density at radius 3 is 2.58 bits per heavy atom. The average Bonchev–Trinajstić information content (AvgIpc) is 3.57. The quantitative estimate of drug-likeness (QED) is 0.161. The minimum absolute atomic E-state index is 0.0361. The van der Waals surface area contributed by atoms with E-state index in [1.54, 1.807) is 11.3 Å². The third kappa shape index (κ3) is 6.73. The van der Waals surface area contributed by atoms with E-state index in [-0.39, 0.29) is 11.7 Å². The first-order valence-corrected chi connectivity index (χ1v) is 17.4. The number of aliphatic hydroxyl groups is 2. The largest absolute Gasteiger partial charge is 0.393 e. The van der Waals surface area contributed by atoms with E-state index in [0.29, 0.717) is 25.8 Å². The fourth-order valence-corrected chi connectivity index (χ4v) is 8.93. The molecule has 7 rings (SSSR count). The summed E-state index contributed by atoms with van der Waals surface area (Å²) in [6.45, 7) is 5.90. The fraction of sp³-hybridized carbons (Fsp3) is 0.425. The molecule has 5 heteroatoms. The molecule has 0 radical (unpaired) electrons. The number of likely N-dealkylation sites (N-methyl/N-ethyl adjacent to an activating group) is 1. The number of fused-ring (bicyclic) bond motifs is 9. The van der Waals surface area contributed by atoms with Crippen LogP contribution in [-0.2, 0) is 12.8 Å². The smallest absolute Gasteiger partial charge is 0.203 e. The van der Waals surface area contributed by atoms with Crippen LogP contribution in [0.5, 0.6) is 0 Å². The molecule has 1 fully saturated rings. The number of ketones is 1. The molecule has 236 valence electrons. The van der Waals surface area contributed by atoms with Gasteiger partial charge >= 0.3 is 0 Å². The average molecular weight is 622 g/mol. The van der Waals surface area contributed by atoms with E-state index in [1.807, 2.05) is 30.3 Å². The number of carbonyl (C=O) groups is 1. The summed E-state index contributed by atoms with van der Waals surface area (Å²) >= 11 is 1.55. The first-order chi connectivity index (χ1) is 21.6. The van der Waals surface area contributed by atoms with Gasteiger partial charge in [0, 0.05) is 28.8 Å². The molecule has 3 aliphatic rings. The Labute approximate surface area is 272 Å². The molecule has 1 saturated carbocycles. The lowest BCUT2D eigenvalue weighted by Gasteiger charge is -2.45. The molecule has 3 aliphatic carbocycles. The SMILES string of the molecule is CC1=CCC[C@@]2(C)[C@@H](CC[C@@]2(O)CN(C)CCc2ccccc2)c2ccc(cc2C(=O)c2cc3ccccc3s2)C[C@@H](O)CC1. The zero-order valence-electron chi connectivity index (χ0n) is 27.0. The minimum atomic E-state index is -0.894. The summed E-state index contributed by atoms with van der Waals surface area (Å²) in [4.78, 5) is 17.4. The summed E-state index contributed by atoms with van der Waals surface area (Å²) in [5.41, 5.74) is 4.04. The molecule has 0 unspecified atom stereocenters. The normalized spacial score (nSPS) is 25.7. The Kier molecular flexibility index (Phi) is 9.44. The molecule has 2 bridgehead atoms. The Balaban J connectivity index is 1.38. The molecular weight excluding hydrogens is 575 g/mol. The summed E-state index contributed by atoms with van der Waals surface area (Å²) in [7, 11) is 2.13. The van der Waals surface area contributed by atoms with Crippen molar-refractivity contribution in [1.82, 2.24) is 4.90 Å². The highest BCUT2D eigenvalue weighted by atomic mass is 32.1. The Hall–Kier alpha value is -3.09. The van der Waals surface area contributed by atoms with Gasteiger partial charge in [-0.2, -0.15) is 0 Å². The van der Waals surface area contributed by atoms with Crippen LogP contribution in [0.25, 0.3) is 10.1 Å². The highest BCUT2D eigenvalue weighted by molar-refractivity contribution is 7.21. The van der Waals surface area contributed by atoms with Crippen molar-refractivity contribution < 1.29 is 15.0 Å². The molecule has 1 aromatic heterocycles. The van der Waals surface area contributed by atoms with Gasteiger partial charge < -0.3 is 15.1 Å². The van der Waals surface area contributed by atoms with Crippen molar-refractivity contribution in [2.24, 2.45) is 5.41 Å². The van der Waals surface area contributed by atoms with Gasteiger partial charge in [-0.25, -0.2) is 0 Å². The van der Waals surface area contributed by atoms with Crippen molar-refractivity contribution in [2.75, 3.05) is 20.1 Å². The van der Waals surface area contributed by atoms with Crippen LogP contribution < -0.4 is 0 Å². The van der Waals surface area contributed by atoms with Crippen molar-refractivity contribution in [3.63, 3.8) is 0 Å². The van der Waals surface area contributed by atoms with E-state index >= 15 is 0 Å². The molecule has 0 saturated heterocycles. The number of benzene rings is 3. The number of carbonyl (C=O) groups excluding carboxylic acids is 1. The third-order valence-electron chi connectivity index (χ3n) is 10.7. The van der Waals surface area contributed by atoms with E-state index in [4.69, 9.17) is 0 Å². The highest BCUT2D eigenvalue weighted by Crippen LogP contribution is 2.58. The van der Waals surface area contributed by atoms with Gasteiger partial charge in [0.15, 0.2) is 0 Å². The van der Waals surface area contributed by atoms with Crippen LogP contribution in [-0.4, -0.2) is 52.7 Å². The maximum atomic E-state index is 14.4. The Morgan fingerprint density at radius 2 is 1.78 bits per heavy atom. The van der Waals surface area contributed by atoms with Crippen LogP contribution in [0.2, 0.25) is 0 Å². The number of nitrogens with zero attached hydrogens (tertiary/aromatic N) is 1. The molecule has 45 heavy (non-hydrogen) atoms. The predicted molar refractivity (Wildman–Crippen MR) is 186 cm³/mol. The van der Waals surface area contributed by atoms with Crippen LogP contribution in [0.1, 0.15) is 90.2 Å². The lowest BCUT2D eigenvalue weighted by molar-refractivity contribution is -0.0798. The number of thiophene rings is 1. The van der Waals surface area contributed by atoms with Crippen molar-refractivity contribution in [2.45, 2.75) is 82.8 Å². The highest BCUT2D eigenvalue weighted by Gasteiger charge is 2.57. The second kappa shape index (κ2) is 13.3. The molecule has 2 N–H and O–H groups in total. The second-order valence-electron chi connectivity index (χ2n) is 13.9. The van der Waals surface area contributed by atoms with Crippen molar-refractivity contribution in [3.8, 4) is 0 Å². The van der Waals surface area contributed by atoms with Gasteiger partial charge in [0.25, 0.3) is 0 Å². The molecule has 0 aliphatic heterocycles. The van der Waals surface area contributed by atoms with Gasteiger partial charge in [-0.1, -0.05) is 79.2 Å². The monoisotopic (exact) mass is 621 g/mol. The van der Waals surface area contributed by atoms with E-state index in [0.717, 1.165) is 70.3 Å². The Morgan fingerprint density at radius 1 is 1.00 bits per heavy atom. The van der Waals surface area contributed by atoms with Crippen LogP contribution in [0.4, 0.5) is 0 Å². The lowest BCUT2D eigenvalue weighted by Crippen LogP contribution is -2.52. The van der Waals surface area contributed by atoms with Crippen molar-refractivity contribution >= 4 is 27.2 Å². The predicted octanol–water partition coefficient (Wildman–Crippen LogP) is 8.35.